The standard InChI is InChI=1S/C16H21N3O3/c1-17-9-14(20)19(13-5-3-2-4-6-13)12-16(17)7-8-18(11-16)10-15(21)22/h2-6H,7-12H2,1H3,(H,21,22)/t16-/m0/s1. The molecule has 2 saturated heterocycles. The molecule has 2 heterocycles. The first-order valence-corrected chi connectivity index (χ1v) is 7.51. The molecule has 0 saturated carbocycles. The van der Waals surface area contributed by atoms with Crippen LogP contribution in [0, 0.1) is 0 Å². The van der Waals surface area contributed by atoms with E-state index in [9.17, 15) is 9.59 Å². The summed E-state index contributed by atoms with van der Waals surface area (Å²) in [7, 11) is 1.96. The molecule has 6 nitrogen and oxygen atoms in total. The summed E-state index contributed by atoms with van der Waals surface area (Å²) in [5.41, 5.74) is 0.760. The van der Waals surface area contributed by atoms with E-state index in [-0.39, 0.29) is 18.0 Å². The molecule has 1 atom stereocenters. The summed E-state index contributed by atoms with van der Waals surface area (Å²) in [4.78, 5) is 29.2. The molecule has 22 heavy (non-hydrogen) atoms. The van der Waals surface area contributed by atoms with Crippen molar-refractivity contribution in [1.82, 2.24) is 9.80 Å². The molecule has 0 aromatic heterocycles. The number of aliphatic carboxylic acids is 1. The van der Waals surface area contributed by atoms with Crippen molar-refractivity contribution in [2.75, 3.05) is 44.7 Å². The quantitative estimate of drug-likeness (QED) is 0.881. The van der Waals surface area contributed by atoms with Gasteiger partial charge >= 0.3 is 5.97 Å². The monoisotopic (exact) mass is 303 g/mol. The van der Waals surface area contributed by atoms with Crippen LogP contribution in [-0.4, -0.2) is 72.1 Å². The lowest BCUT2D eigenvalue weighted by molar-refractivity contribution is -0.138. The van der Waals surface area contributed by atoms with E-state index in [1.165, 1.54) is 0 Å². The van der Waals surface area contributed by atoms with Crippen LogP contribution in [0.2, 0.25) is 0 Å². The minimum atomic E-state index is -0.800. The molecule has 1 amide bonds. The van der Waals surface area contributed by atoms with Crippen LogP contribution in [0.1, 0.15) is 6.42 Å². The number of para-hydroxylation sites is 1. The summed E-state index contributed by atoms with van der Waals surface area (Å²) < 4.78 is 0. The smallest absolute Gasteiger partial charge is 0.317 e. The first-order valence-electron chi connectivity index (χ1n) is 7.51. The van der Waals surface area contributed by atoms with E-state index in [1.54, 1.807) is 0 Å². The van der Waals surface area contributed by atoms with Crippen LogP contribution in [0.4, 0.5) is 5.69 Å². The molecule has 118 valence electrons. The van der Waals surface area contributed by atoms with Gasteiger partial charge in [0, 0.05) is 25.3 Å². The van der Waals surface area contributed by atoms with Gasteiger partial charge in [-0.2, -0.15) is 0 Å². The van der Waals surface area contributed by atoms with Crippen molar-refractivity contribution in [2.24, 2.45) is 0 Å². The van der Waals surface area contributed by atoms with Crippen molar-refractivity contribution in [3.63, 3.8) is 0 Å². The Bertz CT molecular complexity index is 577. The summed E-state index contributed by atoms with van der Waals surface area (Å²) >= 11 is 0. The number of carboxylic acid groups (broad SMARTS) is 1. The van der Waals surface area contributed by atoms with Crippen LogP contribution in [0.3, 0.4) is 0 Å². The van der Waals surface area contributed by atoms with Crippen molar-refractivity contribution >= 4 is 17.6 Å². The second-order valence-electron chi connectivity index (χ2n) is 6.25. The lowest BCUT2D eigenvalue weighted by Crippen LogP contribution is -2.64. The number of hydrogen-bond acceptors (Lipinski definition) is 4. The number of amides is 1. The van der Waals surface area contributed by atoms with E-state index < -0.39 is 5.97 Å². The van der Waals surface area contributed by atoms with Crippen molar-refractivity contribution in [2.45, 2.75) is 12.0 Å². The zero-order valence-corrected chi connectivity index (χ0v) is 12.7. The number of hydrogen-bond donors (Lipinski definition) is 1. The van der Waals surface area contributed by atoms with Gasteiger partial charge in [0.25, 0.3) is 0 Å². The van der Waals surface area contributed by atoms with Crippen molar-refractivity contribution in [1.29, 1.82) is 0 Å². The summed E-state index contributed by atoms with van der Waals surface area (Å²) in [5, 5.41) is 8.98. The summed E-state index contributed by atoms with van der Waals surface area (Å²) in [6, 6.07) is 9.68. The van der Waals surface area contributed by atoms with Gasteiger partial charge in [0.2, 0.25) is 5.91 Å². The van der Waals surface area contributed by atoms with Gasteiger partial charge in [-0.1, -0.05) is 18.2 Å². The Balaban J connectivity index is 1.80. The number of likely N-dealkylation sites (N-methyl/N-ethyl adjacent to an activating group) is 1. The van der Waals surface area contributed by atoms with E-state index >= 15 is 0 Å². The summed E-state index contributed by atoms with van der Waals surface area (Å²) in [6.45, 7) is 2.49. The molecular weight excluding hydrogens is 282 g/mol. The third-order valence-electron chi connectivity index (χ3n) is 4.77. The SMILES string of the molecule is CN1CC(=O)N(c2ccccc2)C[C@@]12CCN(CC(=O)O)C2. The minimum Gasteiger partial charge on any atom is -0.480 e. The fraction of sp³-hybridized carbons (Fsp3) is 0.500. The van der Waals surface area contributed by atoms with Crippen LogP contribution < -0.4 is 4.90 Å². The molecule has 1 N–H and O–H groups in total. The molecule has 0 bridgehead atoms. The fourth-order valence-corrected chi connectivity index (χ4v) is 3.51. The van der Waals surface area contributed by atoms with Crippen molar-refractivity contribution < 1.29 is 14.7 Å². The van der Waals surface area contributed by atoms with Gasteiger partial charge in [-0.25, -0.2) is 0 Å². The first-order chi connectivity index (χ1) is 10.5. The zero-order chi connectivity index (χ0) is 15.7. The second-order valence-corrected chi connectivity index (χ2v) is 6.25. The number of likely N-dealkylation sites (tertiary alicyclic amines) is 1. The number of nitrogens with zero attached hydrogens (tertiary/aromatic N) is 3. The van der Waals surface area contributed by atoms with Crippen molar-refractivity contribution in [3.8, 4) is 0 Å². The van der Waals surface area contributed by atoms with E-state index in [2.05, 4.69) is 4.90 Å². The Hall–Kier alpha value is -1.92. The predicted molar refractivity (Wildman–Crippen MR) is 82.8 cm³/mol. The molecular formula is C16H21N3O3. The van der Waals surface area contributed by atoms with Crippen LogP contribution in [0.15, 0.2) is 30.3 Å². The molecule has 2 fully saturated rings. The van der Waals surface area contributed by atoms with Gasteiger partial charge in [-0.05, 0) is 25.6 Å². The highest BCUT2D eigenvalue weighted by Gasteiger charge is 2.47. The van der Waals surface area contributed by atoms with Crippen LogP contribution >= 0.6 is 0 Å². The Labute approximate surface area is 129 Å². The highest BCUT2D eigenvalue weighted by atomic mass is 16.4. The average molecular weight is 303 g/mol. The highest BCUT2D eigenvalue weighted by Crippen LogP contribution is 2.33. The molecule has 2 aliphatic rings. The molecule has 0 unspecified atom stereocenters. The number of carbonyl (C=O) groups is 2. The zero-order valence-electron chi connectivity index (χ0n) is 12.7. The Morgan fingerprint density at radius 2 is 2.00 bits per heavy atom. The van der Waals surface area contributed by atoms with Gasteiger partial charge < -0.3 is 10.0 Å². The Morgan fingerprint density at radius 3 is 2.68 bits per heavy atom. The number of rotatable bonds is 3. The largest absolute Gasteiger partial charge is 0.480 e. The molecule has 1 spiro atoms. The van der Waals surface area contributed by atoms with Gasteiger partial charge in [0.1, 0.15) is 0 Å². The lowest BCUT2D eigenvalue weighted by Gasteiger charge is -2.47. The van der Waals surface area contributed by atoms with E-state index in [1.807, 2.05) is 47.2 Å². The maximum absolute atomic E-state index is 12.4. The maximum atomic E-state index is 12.4. The van der Waals surface area contributed by atoms with Gasteiger partial charge in [0.05, 0.1) is 18.6 Å². The average Bonchev–Trinajstić information content (AvgIpc) is 2.87. The Morgan fingerprint density at radius 1 is 1.27 bits per heavy atom. The molecule has 2 aliphatic heterocycles. The number of anilines is 1. The number of carboxylic acids is 1. The van der Waals surface area contributed by atoms with Gasteiger partial charge in [-0.15, -0.1) is 0 Å². The molecule has 3 rings (SSSR count). The molecule has 1 aromatic carbocycles. The van der Waals surface area contributed by atoms with Gasteiger partial charge in [0.15, 0.2) is 0 Å². The molecule has 0 radical (unpaired) electrons. The third kappa shape index (κ3) is 2.71. The normalized spacial score (nSPS) is 26.8. The second kappa shape index (κ2) is 5.70. The molecule has 6 heteroatoms. The van der Waals surface area contributed by atoms with E-state index in [0.717, 1.165) is 18.7 Å². The third-order valence-corrected chi connectivity index (χ3v) is 4.77. The van der Waals surface area contributed by atoms with E-state index in [0.29, 0.717) is 19.6 Å². The summed E-state index contributed by atoms with van der Waals surface area (Å²) in [5.74, 6) is -0.706. The Kier molecular flexibility index (Phi) is 3.88. The van der Waals surface area contributed by atoms with Gasteiger partial charge in [-0.3, -0.25) is 19.4 Å². The highest BCUT2D eigenvalue weighted by molar-refractivity contribution is 5.96. The number of carbonyl (C=O) groups excluding carboxylic acids is 1. The minimum absolute atomic E-state index is 0.0644. The van der Waals surface area contributed by atoms with E-state index in [4.69, 9.17) is 5.11 Å². The number of benzene rings is 1. The molecule has 0 aliphatic carbocycles. The molecule has 1 aromatic rings. The summed E-state index contributed by atoms with van der Waals surface area (Å²) in [6.07, 6.45) is 0.882. The maximum Gasteiger partial charge on any atom is 0.317 e. The van der Waals surface area contributed by atoms with Crippen molar-refractivity contribution in [3.05, 3.63) is 30.3 Å². The topological polar surface area (TPSA) is 64.1 Å². The predicted octanol–water partition coefficient (Wildman–Crippen LogP) is 0.494. The van der Waals surface area contributed by atoms with Crippen LogP contribution in [0.5, 0.6) is 0 Å². The fourth-order valence-electron chi connectivity index (χ4n) is 3.51. The number of piperazine rings is 1. The van der Waals surface area contributed by atoms with Crippen LogP contribution in [-0.2, 0) is 9.59 Å². The first kappa shape index (κ1) is 15.0. The lowest BCUT2D eigenvalue weighted by atomic mass is 9.92. The van der Waals surface area contributed by atoms with Crippen LogP contribution in [0.25, 0.3) is 0 Å².